The van der Waals surface area contributed by atoms with Crippen molar-refractivity contribution in [2.24, 2.45) is 0 Å². The Balaban J connectivity index is 2.54. The van der Waals surface area contributed by atoms with Gasteiger partial charge in [0.1, 0.15) is 17.2 Å². The average Bonchev–Trinajstić information content (AvgIpc) is 2.51. The summed E-state index contributed by atoms with van der Waals surface area (Å²) in [4.78, 5) is 0. The lowest BCUT2D eigenvalue weighted by atomic mass is 10.0. The average molecular weight is 268 g/mol. The van der Waals surface area contributed by atoms with Gasteiger partial charge in [-0.05, 0) is 18.2 Å². The lowest BCUT2D eigenvalue weighted by Crippen LogP contribution is -1.93. The second kappa shape index (κ2) is 4.93. The Morgan fingerprint density at radius 1 is 0.600 bits per heavy atom. The van der Waals surface area contributed by atoms with Crippen LogP contribution in [0.2, 0.25) is 0 Å². The largest absolute Gasteiger partial charge is 0.497 e. The highest BCUT2D eigenvalue weighted by atomic mass is 16.5. The second-order valence-corrected chi connectivity index (χ2v) is 4.52. The van der Waals surface area contributed by atoms with Crippen molar-refractivity contribution in [2.45, 2.75) is 0 Å². The van der Waals surface area contributed by atoms with E-state index in [9.17, 15) is 0 Å². The summed E-state index contributed by atoms with van der Waals surface area (Å²) in [6, 6.07) is 14.0. The van der Waals surface area contributed by atoms with Crippen molar-refractivity contribution < 1.29 is 14.2 Å². The van der Waals surface area contributed by atoms with Crippen molar-refractivity contribution in [3.8, 4) is 17.2 Å². The monoisotopic (exact) mass is 268 g/mol. The fraction of sp³-hybridized carbons (Fsp3) is 0.176. The van der Waals surface area contributed by atoms with Crippen LogP contribution in [0.1, 0.15) is 0 Å². The lowest BCUT2D eigenvalue weighted by Gasteiger charge is -2.15. The maximum absolute atomic E-state index is 5.63. The molecular weight excluding hydrogens is 252 g/mol. The van der Waals surface area contributed by atoms with E-state index in [4.69, 9.17) is 14.2 Å². The molecule has 0 radical (unpaired) electrons. The third-order valence-corrected chi connectivity index (χ3v) is 3.54. The van der Waals surface area contributed by atoms with Crippen LogP contribution >= 0.6 is 0 Å². The molecule has 0 saturated carbocycles. The van der Waals surface area contributed by atoms with Crippen LogP contribution in [0, 0.1) is 0 Å². The third kappa shape index (κ3) is 1.74. The second-order valence-electron chi connectivity index (χ2n) is 4.52. The smallest absolute Gasteiger partial charge is 0.134 e. The molecule has 0 fully saturated rings. The van der Waals surface area contributed by atoms with Crippen LogP contribution in [0.25, 0.3) is 21.5 Å². The van der Waals surface area contributed by atoms with Gasteiger partial charge >= 0.3 is 0 Å². The first-order chi connectivity index (χ1) is 9.80. The number of hydrogen-bond acceptors (Lipinski definition) is 3. The van der Waals surface area contributed by atoms with Crippen LogP contribution in [-0.2, 0) is 0 Å². The summed E-state index contributed by atoms with van der Waals surface area (Å²) in [7, 11) is 5.04. The van der Waals surface area contributed by atoms with Crippen molar-refractivity contribution in [1.29, 1.82) is 0 Å². The Morgan fingerprint density at radius 3 is 1.70 bits per heavy atom. The van der Waals surface area contributed by atoms with E-state index >= 15 is 0 Å². The molecule has 3 aromatic carbocycles. The number of benzene rings is 3. The lowest BCUT2D eigenvalue weighted by molar-refractivity contribution is 0.411. The molecule has 0 N–H and O–H groups in total. The topological polar surface area (TPSA) is 27.7 Å². The van der Waals surface area contributed by atoms with E-state index < -0.39 is 0 Å². The summed E-state index contributed by atoms with van der Waals surface area (Å²) in [6.07, 6.45) is 0. The van der Waals surface area contributed by atoms with Crippen molar-refractivity contribution in [3.05, 3.63) is 42.5 Å². The maximum atomic E-state index is 5.63. The van der Waals surface area contributed by atoms with E-state index in [0.29, 0.717) is 0 Å². The van der Waals surface area contributed by atoms with Gasteiger partial charge in [0.25, 0.3) is 0 Å². The Kier molecular flexibility index (Phi) is 3.11. The molecule has 102 valence electrons. The van der Waals surface area contributed by atoms with Crippen LogP contribution in [0.15, 0.2) is 42.5 Å². The summed E-state index contributed by atoms with van der Waals surface area (Å²) < 4.78 is 16.6. The SMILES string of the molecule is COc1ccc2c(OC)c3ccccc3c(OC)c2c1. The van der Waals surface area contributed by atoms with Crippen molar-refractivity contribution in [1.82, 2.24) is 0 Å². The van der Waals surface area contributed by atoms with Gasteiger partial charge in [0.05, 0.1) is 21.3 Å². The Hall–Kier alpha value is -2.42. The minimum atomic E-state index is 0.799. The van der Waals surface area contributed by atoms with E-state index in [2.05, 4.69) is 0 Å². The molecule has 0 spiro atoms. The molecule has 3 aromatic rings. The number of fused-ring (bicyclic) bond motifs is 2. The zero-order valence-corrected chi connectivity index (χ0v) is 11.8. The van der Waals surface area contributed by atoms with Gasteiger partial charge in [0.15, 0.2) is 0 Å². The van der Waals surface area contributed by atoms with Crippen LogP contribution in [0.3, 0.4) is 0 Å². The van der Waals surface area contributed by atoms with Gasteiger partial charge in [0, 0.05) is 21.5 Å². The normalized spacial score (nSPS) is 10.8. The summed E-state index contributed by atoms with van der Waals surface area (Å²) in [5, 5.41) is 4.09. The molecule has 0 heterocycles. The van der Waals surface area contributed by atoms with Gasteiger partial charge in [-0.2, -0.15) is 0 Å². The quantitative estimate of drug-likeness (QED) is 0.671. The van der Waals surface area contributed by atoms with Gasteiger partial charge in [-0.15, -0.1) is 0 Å². The fourth-order valence-electron chi connectivity index (χ4n) is 2.65. The number of methoxy groups -OCH3 is 3. The summed E-state index contributed by atoms with van der Waals surface area (Å²) in [5.74, 6) is 2.50. The van der Waals surface area contributed by atoms with Gasteiger partial charge in [0.2, 0.25) is 0 Å². The number of ether oxygens (including phenoxy) is 3. The van der Waals surface area contributed by atoms with Crippen LogP contribution in [0.5, 0.6) is 17.2 Å². The van der Waals surface area contributed by atoms with Gasteiger partial charge in [-0.1, -0.05) is 24.3 Å². The molecule has 0 aliphatic rings. The van der Waals surface area contributed by atoms with Gasteiger partial charge in [-0.3, -0.25) is 0 Å². The summed E-state index contributed by atoms with van der Waals surface area (Å²) >= 11 is 0. The van der Waals surface area contributed by atoms with Gasteiger partial charge < -0.3 is 14.2 Å². The Labute approximate surface area is 117 Å². The molecule has 0 unspecified atom stereocenters. The molecule has 0 bridgehead atoms. The van der Waals surface area contributed by atoms with E-state index in [-0.39, 0.29) is 0 Å². The number of hydrogen-bond donors (Lipinski definition) is 0. The predicted molar refractivity (Wildman–Crippen MR) is 81.1 cm³/mol. The van der Waals surface area contributed by atoms with E-state index in [1.165, 1.54) is 0 Å². The Morgan fingerprint density at radius 2 is 1.15 bits per heavy atom. The van der Waals surface area contributed by atoms with Crippen molar-refractivity contribution in [2.75, 3.05) is 21.3 Å². The highest BCUT2D eigenvalue weighted by molar-refractivity contribution is 6.11. The molecule has 20 heavy (non-hydrogen) atoms. The number of rotatable bonds is 3. The van der Waals surface area contributed by atoms with Crippen molar-refractivity contribution in [3.63, 3.8) is 0 Å². The molecule has 0 saturated heterocycles. The molecule has 0 amide bonds. The molecule has 0 atom stereocenters. The summed E-state index contributed by atoms with van der Waals surface area (Å²) in [6.45, 7) is 0. The first-order valence-electron chi connectivity index (χ1n) is 6.40. The molecule has 0 aromatic heterocycles. The van der Waals surface area contributed by atoms with E-state index in [0.717, 1.165) is 38.8 Å². The van der Waals surface area contributed by atoms with Crippen LogP contribution in [-0.4, -0.2) is 21.3 Å². The zero-order valence-electron chi connectivity index (χ0n) is 11.8. The standard InChI is InChI=1S/C17H16O3/c1-18-11-8-9-14-15(10-11)17(20-3)13-7-5-4-6-12(13)16(14)19-2/h4-10H,1-3H3. The van der Waals surface area contributed by atoms with E-state index in [1.54, 1.807) is 21.3 Å². The molecule has 3 heteroatoms. The van der Waals surface area contributed by atoms with Gasteiger partial charge in [-0.25, -0.2) is 0 Å². The van der Waals surface area contributed by atoms with Crippen molar-refractivity contribution >= 4 is 21.5 Å². The highest BCUT2D eigenvalue weighted by Crippen LogP contribution is 2.43. The summed E-state index contributed by atoms with van der Waals surface area (Å²) in [5.41, 5.74) is 0. The maximum Gasteiger partial charge on any atom is 0.134 e. The van der Waals surface area contributed by atoms with Crippen LogP contribution < -0.4 is 14.2 Å². The first kappa shape index (κ1) is 12.6. The van der Waals surface area contributed by atoms with E-state index in [1.807, 2.05) is 42.5 Å². The Bertz CT molecular complexity index is 778. The molecular formula is C17H16O3. The highest BCUT2D eigenvalue weighted by Gasteiger charge is 2.15. The predicted octanol–water partition coefficient (Wildman–Crippen LogP) is 4.02. The zero-order chi connectivity index (χ0) is 14.1. The third-order valence-electron chi connectivity index (χ3n) is 3.54. The molecule has 3 rings (SSSR count). The first-order valence-corrected chi connectivity index (χ1v) is 6.40. The molecule has 0 aliphatic carbocycles. The van der Waals surface area contributed by atoms with Crippen LogP contribution in [0.4, 0.5) is 0 Å². The fourth-order valence-corrected chi connectivity index (χ4v) is 2.65. The molecule has 3 nitrogen and oxygen atoms in total. The molecule has 0 aliphatic heterocycles. The minimum Gasteiger partial charge on any atom is -0.497 e. The minimum absolute atomic E-state index is 0.799.